The van der Waals surface area contributed by atoms with Crippen LogP contribution in [0.25, 0.3) is 16.7 Å². The van der Waals surface area contributed by atoms with Crippen LogP contribution in [-0.4, -0.2) is 43.8 Å². The Balaban J connectivity index is 1.54. The highest BCUT2D eigenvalue weighted by Crippen LogP contribution is 2.47. The summed E-state index contributed by atoms with van der Waals surface area (Å²) in [5, 5.41) is 0.320. The van der Waals surface area contributed by atoms with E-state index in [9.17, 15) is 35.9 Å². The highest BCUT2D eigenvalue weighted by Gasteiger charge is 2.44. The van der Waals surface area contributed by atoms with E-state index in [0.29, 0.717) is 41.3 Å². The minimum absolute atomic E-state index is 0.0301. The van der Waals surface area contributed by atoms with E-state index < -0.39 is 53.3 Å². The number of ether oxygens (including phenoxy) is 3. The fourth-order valence-corrected chi connectivity index (χ4v) is 6.79. The number of carbonyl (C=O) groups excluding carboxylic acids is 2. The molecule has 2 atom stereocenters. The third kappa shape index (κ3) is 7.54. The second-order valence-electron chi connectivity index (χ2n) is 13.0. The maximum Gasteiger partial charge on any atom is 0.416 e. The lowest BCUT2D eigenvalue weighted by atomic mass is 9.72. The van der Waals surface area contributed by atoms with Crippen LogP contribution in [0.15, 0.2) is 60.2 Å². The van der Waals surface area contributed by atoms with Gasteiger partial charge in [0.2, 0.25) is 0 Å². The number of benzene rings is 3. The summed E-state index contributed by atoms with van der Waals surface area (Å²) in [5.41, 5.74) is 0.611. The molecule has 262 valence electrons. The van der Waals surface area contributed by atoms with Crippen molar-refractivity contribution in [2.75, 3.05) is 20.8 Å². The smallest absolute Gasteiger partial charge is 0.416 e. The van der Waals surface area contributed by atoms with Gasteiger partial charge in [0.15, 0.2) is 0 Å². The molecule has 1 saturated heterocycles. The maximum absolute atomic E-state index is 13.6. The summed E-state index contributed by atoms with van der Waals surface area (Å²) >= 11 is 6.59. The lowest BCUT2D eigenvalue weighted by molar-refractivity contribution is -0.143. The maximum atomic E-state index is 13.6. The van der Waals surface area contributed by atoms with Crippen molar-refractivity contribution in [1.82, 2.24) is 4.90 Å². The number of cyclic esters (lactones) is 1. The van der Waals surface area contributed by atoms with E-state index in [4.69, 9.17) is 25.8 Å². The summed E-state index contributed by atoms with van der Waals surface area (Å²) < 4.78 is 97.7. The Morgan fingerprint density at radius 3 is 2.18 bits per heavy atom. The van der Waals surface area contributed by atoms with Crippen LogP contribution < -0.4 is 4.74 Å². The molecule has 0 radical (unpaired) electrons. The Labute approximate surface area is 284 Å². The Bertz CT molecular complexity index is 1780. The monoisotopic (exact) mass is 709 g/mol. The molecule has 0 spiro atoms. The van der Waals surface area contributed by atoms with Gasteiger partial charge in [-0.25, -0.2) is 9.59 Å². The molecule has 49 heavy (non-hydrogen) atoms. The fraction of sp³-hybridized carbons (Fsp3) is 0.389. The number of methoxy groups -OCH3 is 2. The van der Waals surface area contributed by atoms with Crippen molar-refractivity contribution in [2.24, 2.45) is 5.41 Å². The quantitative estimate of drug-likeness (QED) is 0.180. The van der Waals surface area contributed by atoms with Gasteiger partial charge in [0.05, 0.1) is 37.0 Å². The minimum Gasteiger partial charge on any atom is -0.496 e. The van der Waals surface area contributed by atoms with Crippen molar-refractivity contribution in [1.29, 1.82) is 0 Å². The third-order valence-corrected chi connectivity index (χ3v) is 9.40. The molecule has 0 aromatic heterocycles. The topological polar surface area (TPSA) is 65.1 Å². The molecular formula is C36H34ClF6NO5. The van der Waals surface area contributed by atoms with Crippen molar-refractivity contribution in [3.8, 4) is 16.9 Å². The predicted octanol–water partition coefficient (Wildman–Crippen LogP) is 10.4. The number of halogens is 7. The average Bonchev–Trinajstić information content (AvgIpc) is 3.31. The van der Waals surface area contributed by atoms with Crippen LogP contribution in [0.1, 0.15) is 78.7 Å². The van der Waals surface area contributed by atoms with Crippen LogP contribution in [0, 0.1) is 5.41 Å². The first-order chi connectivity index (χ1) is 22.8. The van der Waals surface area contributed by atoms with Gasteiger partial charge in [0, 0.05) is 22.7 Å². The van der Waals surface area contributed by atoms with Crippen molar-refractivity contribution in [3.05, 3.63) is 93.0 Å². The van der Waals surface area contributed by atoms with Gasteiger partial charge in [-0.2, -0.15) is 26.3 Å². The van der Waals surface area contributed by atoms with E-state index in [1.54, 1.807) is 25.1 Å². The van der Waals surface area contributed by atoms with E-state index >= 15 is 0 Å². The van der Waals surface area contributed by atoms with Crippen LogP contribution in [0.2, 0.25) is 5.02 Å². The van der Waals surface area contributed by atoms with Gasteiger partial charge in [-0.3, -0.25) is 4.90 Å². The van der Waals surface area contributed by atoms with Crippen molar-refractivity contribution < 1.29 is 50.1 Å². The van der Waals surface area contributed by atoms with Crippen LogP contribution in [0.3, 0.4) is 0 Å². The molecule has 0 bridgehead atoms. The molecule has 13 heteroatoms. The summed E-state index contributed by atoms with van der Waals surface area (Å²) in [6.45, 7) is 5.73. The number of alkyl halides is 6. The first-order valence-electron chi connectivity index (χ1n) is 15.4. The highest BCUT2D eigenvalue weighted by molar-refractivity contribution is 6.33. The van der Waals surface area contributed by atoms with E-state index in [0.717, 1.165) is 28.7 Å². The van der Waals surface area contributed by atoms with Gasteiger partial charge in [-0.15, -0.1) is 0 Å². The zero-order valence-electron chi connectivity index (χ0n) is 27.3. The summed E-state index contributed by atoms with van der Waals surface area (Å²) in [5.74, 6) is 0.0195. The summed E-state index contributed by atoms with van der Waals surface area (Å²) in [6.07, 6.45) is -10.4. The number of carbonyl (C=O) groups is 2. The molecule has 1 amide bonds. The van der Waals surface area contributed by atoms with Gasteiger partial charge in [0.1, 0.15) is 11.9 Å². The average molecular weight is 710 g/mol. The van der Waals surface area contributed by atoms with Gasteiger partial charge in [-0.1, -0.05) is 37.6 Å². The lowest BCUT2D eigenvalue weighted by Crippen LogP contribution is -2.35. The first-order valence-corrected chi connectivity index (χ1v) is 15.7. The standard InChI is InChI=1S/C36H34ClF6NO5/c1-19-31(22-12-24(35(38,39)40)16-25(13-22)36(41,42)43)49-33(46)44(19)18-23-17-34(2,3)11-10-26(23)28-14-20(7-9-30(28)47-4)27-8-6-21(15-29(27)37)32(45)48-5/h6-9,12-16,19,31H,10-11,17-18H2,1-5H3/t19-,31-/m0/s1. The number of amides is 1. The zero-order chi connectivity index (χ0) is 36.1. The number of esters is 1. The molecule has 0 unspecified atom stereocenters. The number of hydrogen-bond acceptors (Lipinski definition) is 5. The molecule has 5 rings (SSSR count). The summed E-state index contributed by atoms with van der Waals surface area (Å²) in [7, 11) is 2.80. The zero-order valence-corrected chi connectivity index (χ0v) is 28.1. The van der Waals surface area contributed by atoms with Gasteiger partial charge in [-0.05, 0) is 96.3 Å². The third-order valence-electron chi connectivity index (χ3n) is 9.09. The largest absolute Gasteiger partial charge is 0.496 e. The van der Waals surface area contributed by atoms with Gasteiger partial charge >= 0.3 is 24.4 Å². The minimum atomic E-state index is -5.05. The van der Waals surface area contributed by atoms with Gasteiger partial charge < -0.3 is 14.2 Å². The van der Waals surface area contributed by atoms with Crippen LogP contribution in [0.4, 0.5) is 31.1 Å². The second-order valence-corrected chi connectivity index (χ2v) is 13.4. The van der Waals surface area contributed by atoms with Gasteiger partial charge in [0.25, 0.3) is 0 Å². The normalized spacial score (nSPS) is 19.6. The fourth-order valence-electron chi connectivity index (χ4n) is 6.50. The molecule has 1 aliphatic carbocycles. The first kappa shape index (κ1) is 36.1. The Morgan fingerprint density at radius 1 is 0.959 bits per heavy atom. The molecule has 3 aromatic rings. The van der Waals surface area contributed by atoms with E-state index in [-0.39, 0.29) is 23.6 Å². The predicted molar refractivity (Wildman–Crippen MR) is 171 cm³/mol. The molecule has 1 heterocycles. The van der Waals surface area contributed by atoms with Crippen LogP contribution in [-0.2, 0) is 21.8 Å². The molecule has 3 aromatic carbocycles. The van der Waals surface area contributed by atoms with Crippen molar-refractivity contribution >= 4 is 29.2 Å². The number of rotatable bonds is 7. The highest BCUT2D eigenvalue weighted by atomic mass is 35.5. The van der Waals surface area contributed by atoms with Crippen molar-refractivity contribution in [2.45, 2.75) is 64.5 Å². The second kappa shape index (κ2) is 13.3. The Hall–Kier alpha value is -4.19. The molecule has 0 N–H and O–H groups in total. The molecule has 0 saturated carbocycles. The summed E-state index contributed by atoms with van der Waals surface area (Å²) in [4.78, 5) is 26.6. The number of allylic oxidation sites excluding steroid dienone is 1. The molecular weight excluding hydrogens is 676 g/mol. The number of nitrogens with zero attached hydrogens (tertiary/aromatic N) is 1. The molecule has 6 nitrogen and oxygen atoms in total. The Morgan fingerprint density at radius 2 is 1.61 bits per heavy atom. The van der Waals surface area contributed by atoms with Crippen LogP contribution in [0.5, 0.6) is 5.75 Å². The molecule has 1 aliphatic heterocycles. The molecule has 1 fully saturated rings. The SMILES string of the molecule is COC(=O)c1ccc(-c2ccc(OC)c(C3=C(CN4C(=O)O[C@H](c5cc(C(F)(F)F)cc(C(F)(F)F)c5)[C@@H]4C)CC(C)(C)CC3)c2)c(Cl)c1. The van der Waals surface area contributed by atoms with E-state index in [1.807, 2.05) is 12.1 Å². The van der Waals surface area contributed by atoms with E-state index in [1.165, 1.54) is 25.2 Å². The lowest BCUT2D eigenvalue weighted by Gasteiger charge is -2.36. The van der Waals surface area contributed by atoms with Crippen LogP contribution >= 0.6 is 11.6 Å². The van der Waals surface area contributed by atoms with E-state index in [2.05, 4.69) is 13.8 Å². The summed E-state index contributed by atoms with van der Waals surface area (Å²) in [6, 6.07) is 10.7. The molecule has 2 aliphatic rings. The Kier molecular flexibility index (Phi) is 9.77. The van der Waals surface area contributed by atoms with Crippen molar-refractivity contribution in [3.63, 3.8) is 0 Å². The number of hydrogen-bond donors (Lipinski definition) is 0.